The molecule has 3 heterocycles. The Balaban J connectivity index is 1.55. The summed E-state index contributed by atoms with van der Waals surface area (Å²) in [5.74, 6) is -1.75. The van der Waals surface area contributed by atoms with E-state index < -0.39 is 17.4 Å². The fourth-order valence-electron chi connectivity index (χ4n) is 3.77. The number of amides is 1. The third-order valence-corrected chi connectivity index (χ3v) is 6.50. The van der Waals surface area contributed by atoms with Crippen molar-refractivity contribution in [1.82, 2.24) is 4.90 Å². The van der Waals surface area contributed by atoms with Crippen LogP contribution in [0.4, 0.5) is 4.39 Å². The van der Waals surface area contributed by atoms with E-state index in [9.17, 15) is 19.1 Å². The van der Waals surface area contributed by atoms with Crippen LogP contribution in [-0.4, -0.2) is 41.6 Å². The maximum atomic E-state index is 13.9. The average molecular weight is 375 g/mol. The number of carboxylic acid groups (broad SMARTS) is 1. The van der Waals surface area contributed by atoms with E-state index >= 15 is 0 Å². The van der Waals surface area contributed by atoms with Gasteiger partial charge in [0.1, 0.15) is 16.3 Å². The zero-order valence-corrected chi connectivity index (χ0v) is 14.9. The van der Waals surface area contributed by atoms with Crippen LogP contribution in [0.5, 0.6) is 0 Å². The van der Waals surface area contributed by atoms with Gasteiger partial charge in [-0.3, -0.25) is 4.79 Å². The van der Waals surface area contributed by atoms with Crippen LogP contribution in [0.2, 0.25) is 0 Å². The first-order chi connectivity index (χ1) is 12.5. The minimum Gasteiger partial charge on any atom is -0.477 e. The van der Waals surface area contributed by atoms with Gasteiger partial charge in [-0.05, 0) is 43.0 Å². The molecule has 0 radical (unpaired) electrons. The number of piperidine rings is 1. The van der Waals surface area contributed by atoms with Gasteiger partial charge in [0.15, 0.2) is 0 Å². The molecule has 2 aliphatic rings. The molecule has 4 rings (SSSR count). The number of hydrogen-bond acceptors (Lipinski definition) is 4. The smallest absolute Gasteiger partial charge is 0.345 e. The second-order valence-corrected chi connectivity index (χ2v) is 7.69. The average Bonchev–Trinajstić information content (AvgIpc) is 3.09. The number of thiophene rings is 1. The largest absolute Gasteiger partial charge is 0.477 e. The molecule has 2 aliphatic heterocycles. The quantitative estimate of drug-likeness (QED) is 0.875. The van der Waals surface area contributed by atoms with Gasteiger partial charge >= 0.3 is 5.97 Å². The molecule has 0 saturated carbocycles. The SMILES string of the molecule is O=C(O)c1cc2c(s1)C1(CCN(C(=O)c3ccccc3F)CC1)OCC2. The first-order valence-corrected chi connectivity index (χ1v) is 9.36. The highest BCUT2D eigenvalue weighted by Gasteiger charge is 2.43. The van der Waals surface area contributed by atoms with Crippen LogP contribution in [0.25, 0.3) is 0 Å². The van der Waals surface area contributed by atoms with Gasteiger partial charge < -0.3 is 14.7 Å². The summed E-state index contributed by atoms with van der Waals surface area (Å²) in [6.07, 6.45) is 1.87. The number of carboxylic acids is 1. The minimum atomic E-state index is -0.924. The number of hydrogen-bond donors (Lipinski definition) is 1. The normalized spacial score (nSPS) is 18.6. The van der Waals surface area contributed by atoms with Crippen LogP contribution >= 0.6 is 11.3 Å². The molecular formula is C19H18FNO4S. The fourth-order valence-corrected chi connectivity index (χ4v) is 5.02. The zero-order chi connectivity index (χ0) is 18.3. The standard InChI is InChI=1S/C19H18FNO4S/c20-14-4-2-1-3-13(14)17(22)21-8-6-19(7-9-21)16-12(5-10-25-19)11-15(26-16)18(23)24/h1-4,11H,5-10H2,(H,23,24). The lowest BCUT2D eigenvalue weighted by molar-refractivity contribution is -0.0906. The number of nitrogens with zero attached hydrogens (tertiary/aromatic N) is 1. The number of aromatic carboxylic acids is 1. The number of carbonyl (C=O) groups is 2. The lowest BCUT2D eigenvalue weighted by Gasteiger charge is -2.43. The summed E-state index contributed by atoms with van der Waals surface area (Å²) in [7, 11) is 0. The first kappa shape index (κ1) is 17.2. The predicted octanol–water partition coefficient (Wildman–Crippen LogP) is 3.29. The molecule has 1 amide bonds. The van der Waals surface area contributed by atoms with Crippen LogP contribution in [0.3, 0.4) is 0 Å². The molecule has 0 bridgehead atoms. The van der Waals surface area contributed by atoms with Gasteiger partial charge in [0, 0.05) is 18.0 Å². The van der Waals surface area contributed by atoms with Crippen molar-refractivity contribution in [2.24, 2.45) is 0 Å². The van der Waals surface area contributed by atoms with Gasteiger partial charge in [-0.25, -0.2) is 9.18 Å². The number of rotatable bonds is 2. The van der Waals surface area contributed by atoms with Crippen molar-refractivity contribution in [2.75, 3.05) is 19.7 Å². The Labute approximate surface area is 154 Å². The molecule has 1 aromatic heterocycles. The van der Waals surface area contributed by atoms with Crippen LogP contribution < -0.4 is 0 Å². The number of ether oxygens (including phenoxy) is 1. The molecule has 1 spiro atoms. The van der Waals surface area contributed by atoms with Gasteiger partial charge in [0.25, 0.3) is 5.91 Å². The molecule has 1 N–H and O–H groups in total. The van der Waals surface area contributed by atoms with E-state index in [2.05, 4.69) is 0 Å². The maximum Gasteiger partial charge on any atom is 0.345 e. The Morgan fingerprint density at radius 3 is 2.65 bits per heavy atom. The number of halogens is 1. The Hall–Kier alpha value is -2.25. The second kappa shape index (κ2) is 6.48. The molecule has 0 unspecified atom stereocenters. The fraction of sp³-hybridized carbons (Fsp3) is 0.368. The van der Waals surface area contributed by atoms with Crippen LogP contribution in [0.15, 0.2) is 30.3 Å². The summed E-state index contributed by atoms with van der Waals surface area (Å²) in [6.45, 7) is 1.45. The molecule has 5 nitrogen and oxygen atoms in total. The number of fused-ring (bicyclic) bond motifs is 2. The van der Waals surface area contributed by atoms with Gasteiger partial charge in [0.05, 0.1) is 12.2 Å². The zero-order valence-electron chi connectivity index (χ0n) is 14.0. The first-order valence-electron chi connectivity index (χ1n) is 8.54. The Morgan fingerprint density at radius 2 is 1.96 bits per heavy atom. The summed E-state index contributed by atoms with van der Waals surface area (Å²) in [5, 5.41) is 9.27. The van der Waals surface area contributed by atoms with E-state index in [1.165, 1.54) is 23.5 Å². The minimum absolute atomic E-state index is 0.0815. The van der Waals surface area contributed by atoms with Gasteiger partial charge in [-0.2, -0.15) is 0 Å². The van der Waals surface area contributed by atoms with Crippen molar-refractivity contribution in [3.63, 3.8) is 0 Å². The molecular weight excluding hydrogens is 357 g/mol. The van der Waals surface area contributed by atoms with E-state index in [4.69, 9.17) is 4.74 Å². The van der Waals surface area contributed by atoms with Gasteiger partial charge in [-0.1, -0.05) is 12.1 Å². The lowest BCUT2D eigenvalue weighted by Crippen LogP contribution is -2.48. The predicted molar refractivity (Wildman–Crippen MR) is 94.1 cm³/mol. The molecule has 7 heteroatoms. The topological polar surface area (TPSA) is 66.8 Å². The molecule has 136 valence electrons. The highest BCUT2D eigenvalue weighted by Crippen LogP contribution is 2.45. The molecule has 1 aromatic carbocycles. The van der Waals surface area contributed by atoms with Crippen molar-refractivity contribution >= 4 is 23.2 Å². The van der Waals surface area contributed by atoms with Crippen molar-refractivity contribution in [2.45, 2.75) is 24.9 Å². The van der Waals surface area contributed by atoms with E-state index in [-0.39, 0.29) is 11.5 Å². The molecule has 26 heavy (non-hydrogen) atoms. The number of carbonyl (C=O) groups excluding carboxylic acids is 1. The molecule has 1 saturated heterocycles. The van der Waals surface area contributed by atoms with E-state index in [0.717, 1.165) is 10.4 Å². The number of likely N-dealkylation sites (tertiary alicyclic amines) is 1. The number of benzene rings is 1. The second-order valence-electron chi connectivity index (χ2n) is 6.63. The van der Waals surface area contributed by atoms with Crippen molar-refractivity contribution < 1.29 is 23.8 Å². The Kier molecular flexibility index (Phi) is 4.28. The Bertz CT molecular complexity index is 870. The highest BCUT2D eigenvalue weighted by atomic mass is 32.1. The van der Waals surface area contributed by atoms with Gasteiger partial charge in [0.2, 0.25) is 0 Å². The van der Waals surface area contributed by atoms with Gasteiger partial charge in [-0.15, -0.1) is 11.3 Å². The van der Waals surface area contributed by atoms with E-state index in [0.29, 0.717) is 43.8 Å². The summed E-state index contributed by atoms with van der Waals surface area (Å²) >= 11 is 1.27. The maximum absolute atomic E-state index is 13.9. The van der Waals surface area contributed by atoms with Crippen molar-refractivity contribution in [3.8, 4) is 0 Å². The molecule has 0 atom stereocenters. The van der Waals surface area contributed by atoms with E-state index in [1.807, 2.05) is 0 Å². The Morgan fingerprint density at radius 1 is 1.23 bits per heavy atom. The monoisotopic (exact) mass is 375 g/mol. The lowest BCUT2D eigenvalue weighted by atomic mass is 9.85. The third-order valence-electron chi connectivity index (χ3n) is 5.15. The summed E-state index contributed by atoms with van der Waals surface area (Å²) in [5.41, 5.74) is 0.586. The summed E-state index contributed by atoms with van der Waals surface area (Å²) < 4.78 is 20.0. The summed E-state index contributed by atoms with van der Waals surface area (Å²) in [6, 6.07) is 7.73. The third kappa shape index (κ3) is 2.81. The van der Waals surface area contributed by atoms with Crippen LogP contribution in [0, 0.1) is 5.82 Å². The molecule has 0 aliphatic carbocycles. The van der Waals surface area contributed by atoms with Crippen LogP contribution in [0.1, 0.15) is 43.3 Å². The van der Waals surface area contributed by atoms with E-state index in [1.54, 1.807) is 23.1 Å². The van der Waals surface area contributed by atoms with Crippen molar-refractivity contribution in [3.05, 3.63) is 57.0 Å². The van der Waals surface area contributed by atoms with Crippen molar-refractivity contribution in [1.29, 1.82) is 0 Å². The summed E-state index contributed by atoms with van der Waals surface area (Å²) in [4.78, 5) is 26.8. The molecule has 1 fully saturated rings. The molecule has 2 aromatic rings. The highest BCUT2D eigenvalue weighted by molar-refractivity contribution is 7.14. The van der Waals surface area contributed by atoms with Crippen LogP contribution in [-0.2, 0) is 16.8 Å².